The lowest BCUT2D eigenvalue weighted by molar-refractivity contribution is 0.0426. The van der Waals surface area contributed by atoms with Gasteiger partial charge < -0.3 is 10.1 Å². The monoisotopic (exact) mass is 358 g/mol. The molecule has 1 aliphatic heterocycles. The summed E-state index contributed by atoms with van der Waals surface area (Å²) in [5.41, 5.74) is 0.922. The Balaban J connectivity index is 1.62. The van der Waals surface area contributed by atoms with Gasteiger partial charge >= 0.3 is 6.09 Å². The molecule has 1 saturated heterocycles. The molecule has 0 radical (unpaired) electrons. The number of alkyl carbamates (subject to hydrolysis) is 1. The Labute approximate surface area is 158 Å². The summed E-state index contributed by atoms with van der Waals surface area (Å²) in [6.45, 7) is 10.2. The molecule has 2 fully saturated rings. The molecule has 1 amide bonds. The number of rotatable bonds is 5. The fraction of sp³-hybridized carbons (Fsp3) is 0.682. The third kappa shape index (κ3) is 4.79. The average Bonchev–Trinajstić information content (AvgIpc) is 3.00. The van der Waals surface area contributed by atoms with E-state index >= 15 is 0 Å². The van der Waals surface area contributed by atoms with Gasteiger partial charge in [-0.05, 0) is 70.9 Å². The van der Waals surface area contributed by atoms with Crippen molar-refractivity contribution in [2.45, 2.75) is 71.1 Å². The third-order valence-corrected chi connectivity index (χ3v) is 5.93. The van der Waals surface area contributed by atoms with Crippen LogP contribution in [0.3, 0.4) is 0 Å². The first-order valence-electron chi connectivity index (χ1n) is 10.1. The van der Waals surface area contributed by atoms with Gasteiger partial charge in [-0.1, -0.05) is 36.8 Å². The van der Waals surface area contributed by atoms with Crippen LogP contribution < -0.4 is 5.32 Å². The van der Waals surface area contributed by atoms with Crippen molar-refractivity contribution in [3.63, 3.8) is 0 Å². The van der Waals surface area contributed by atoms with Crippen molar-refractivity contribution in [3.8, 4) is 0 Å². The van der Waals surface area contributed by atoms with Crippen LogP contribution in [0.1, 0.15) is 65.0 Å². The van der Waals surface area contributed by atoms with Crippen molar-refractivity contribution in [2.75, 3.05) is 13.1 Å². The molecule has 1 aliphatic carbocycles. The fourth-order valence-electron chi connectivity index (χ4n) is 4.27. The number of hydrogen-bond donors (Lipinski definition) is 1. The fourth-order valence-corrected chi connectivity index (χ4v) is 4.27. The Morgan fingerprint density at radius 2 is 1.85 bits per heavy atom. The molecule has 144 valence electrons. The molecule has 1 unspecified atom stereocenters. The smallest absolute Gasteiger partial charge is 0.407 e. The van der Waals surface area contributed by atoms with Crippen molar-refractivity contribution < 1.29 is 9.53 Å². The van der Waals surface area contributed by atoms with E-state index in [9.17, 15) is 4.79 Å². The zero-order chi connectivity index (χ0) is 18.7. The normalized spacial score (nSPS) is 23.9. The first kappa shape index (κ1) is 19.2. The predicted octanol–water partition coefficient (Wildman–Crippen LogP) is 4.76. The zero-order valence-electron chi connectivity index (χ0n) is 16.7. The van der Waals surface area contributed by atoms with Crippen LogP contribution >= 0.6 is 0 Å². The molecule has 2 aliphatic rings. The maximum atomic E-state index is 12.4. The van der Waals surface area contributed by atoms with Crippen molar-refractivity contribution in [1.82, 2.24) is 10.2 Å². The first-order chi connectivity index (χ1) is 12.3. The summed E-state index contributed by atoms with van der Waals surface area (Å²) < 4.78 is 5.53. The topological polar surface area (TPSA) is 41.6 Å². The van der Waals surface area contributed by atoms with Crippen LogP contribution in [-0.2, 0) is 4.74 Å². The highest BCUT2D eigenvalue weighted by molar-refractivity contribution is 5.68. The van der Waals surface area contributed by atoms with E-state index in [4.69, 9.17) is 4.74 Å². The summed E-state index contributed by atoms with van der Waals surface area (Å²) in [6.07, 6.45) is 4.63. The number of hydrogen-bond acceptors (Lipinski definition) is 3. The average molecular weight is 359 g/mol. The van der Waals surface area contributed by atoms with E-state index in [2.05, 4.69) is 47.5 Å². The molecule has 3 rings (SSSR count). The van der Waals surface area contributed by atoms with E-state index in [-0.39, 0.29) is 12.1 Å². The van der Waals surface area contributed by atoms with Gasteiger partial charge in [0.05, 0.1) is 0 Å². The lowest BCUT2D eigenvalue weighted by atomic mass is 9.74. The molecule has 1 N–H and O–H groups in total. The van der Waals surface area contributed by atoms with E-state index in [0.717, 1.165) is 19.5 Å². The van der Waals surface area contributed by atoms with Crippen LogP contribution in [0.4, 0.5) is 4.79 Å². The predicted molar refractivity (Wildman–Crippen MR) is 105 cm³/mol. The van der Waals surface area contributed by atoms with Crippen molar-refractivity contribution >= 4 is 6.09 Å². The molecule has 1 saturated carbocycles. The SMILES string of the molecule is C[C@H](c1ccccc1)N1CC[C@@H](C(NC(=O)OC(C)(C)C)C2CCC2)C1. The highest BCUT2D eigenvalue weighted by atomic mass is 16.6. The zero-order valence-corrected chi connectivity index (χ0v) is 16.7. The van der Waals surface area contributed by atoms with Crippen LogP contribution in [0.5, 0.6) is 0 Å². The highest BCUT2D eigenvalue weighted by Crippen LogP contribution is 2.37. The van der Waals surface area contributed by atoms with Crippen LogP contribution in [0.15, 0.2) is 30.3 Å². The summed E-state index contributed by atoms with van der Waals surface area (Å²) in [7, 11) is 0. The maximum absolute atomic E-state index is 12.4. The minimum atomic E-state index is -0.447. The van der Waals surface area contributed by atoms with Gasteiger partial charge in [-0.15, -0.1) is 0 Å². The van der Waals surface area contributed by atoms with Gasteiger partial charge in [0, 0.05) is 18.6 Å². The number of nitrogens with one attached hydrogen (secondary N) is 1. The van der Waals surface area contributed by atoms with Gasteiger partial charge in [-0.25, -0.2) is 4.79 Å². The number of carbonyl (C=O) groups excluding carboxylic acids is 1. The molecule has 1 aromatic rings. The number of ether oxygens (including phenoxy) is 1. The molecule has 3 atom stereocenters. The number of nitrogens with zero attached hydrogens (tertiary/aromatic N) is 1. The number of carbonyl (C=O) groups is 1. The Bertz CT molecular complexity index is 592. The van der Waals surface area contributed by atoms with E-state index in [1.807, 2.05) is 20.8 Å². The Morgan fingerprint density at radius 1 is 1.15 bits per heavy atom. The third-order valence-electron chi connectivity index (χ3n) is 5.93. The number of benzene rings is 1. The summed E-state index contributed by atoms with van der Waals surface area (Å²) >= 11 is 0. The lowest BCUT2D eigenvalue weighted by Crippen LogP contribution is -2.49. The van der Waals surface area contributed by atoms with Gasteiger partial charge in [0.15, 0.2) is 0 Å². The molecule has 0 bridgehead atoms. The second-order valence-electron chi connectivity index (χ2n) is 8.99. The van der Waals surface area contributed by atoms with Crippen LogP contribution in [-0.4, -0.2) is 35.7 Å². The standard InChI is InChI=1S/C22H34N2O2/c1-16(17-9-6-5-7-10-17)24-14-13-19(15-24)20(18-11-8-12-18)23-21(25)26-22(2,3)4/h5-7,9-10,16,18-20H,8,11-15H2,1-4H3,(H,23,25)/t16-,19-,20?/m1/s1. The Kier molecular flexibility index (Phi) is 5.91. The molecule has 4 nitrogen and oxygen atoms in total. The molecular formula is C22H34N2O2. The second-order valence-corrected chi connectivity index (χ2v) is 8.99. The van der Waals surface area contributed by atoms with Crippen LogP contribution in [0.25, 0.3) is 0 Å². The molecule has 26 heavy (non-hydrogen) atoms. The molecule has 4 heteroatoms. The lowest BCUT2D eigenvalue weighted by Gasteiger charge is -2.38. The summed E-state index contributed by atoms with van der Waals surface area (Å²) in [5, 5.41) is 3.23. The maximum Gasteiger partial charge on any atom is 0.407 e. The molecule has 1 heterocycles. The van der Waals surface area contributed by atoms with E-state index in [1.54, 1.807) is 0 Å². The van der Waals surface area contributed by atoms with Gasteiger partial charge in [0.1, 0.15) is 5.60 Å². The van der Waals surface area contributed by atoms with Gasteiger partial charge in [-0.2, -0.15) is 0 Å². The molecular weight excluding hydrogens is 324 g/mol. The largest absolute Gasteiger partial charge is 0.444 e. The van der Waals surface area contributed by atoms with E-state index < -0.39 is 5.60 Å². The van der Waals surface area contributed by atoms with Crippen molar-refractivity contribution in [1.29, 1.82) is 0 Å². The Morgan fingerprint density at radius 3 is 2.42 bits per heavy atom. The second kappa shape index (κ2) is 7.99. The molecule has 0 aromatic heterocycles. The van der Waals surface area contributed by atoms with Crippen molar-refractivity contribution in [3.05, 3.63) is 35.9 Å². The van der Waals surface area contributed by atoms with E-state index in [0.29, 0.717) is 17.9 Å². The minimum Gasteiger partial charge on any atom is -0.444 e. The summed E-state index contributed by atoms with van der Waals surface area (Å²) in [5.74, 6) is 1.12. The number of amides is 1. The molecule has 1 aromatic carbocycles. The Hall–Kier alpha value is -1.55. The van der Waals surface area contributed by atoms with Crippen LogP contribution in [0, 0.1) is 11.8 Å². The van der Waals surface area contributed by atoms with Gasteiger partial charge in [0.25, 0.3) is 0 Å². The van der Waals surface area contributed by atoms with Crippen LogP contribution in [0.2, 0.25) is 0 Å². The molecule has 0 spiro atoms. The number of likely N-dealkylation sites (tertiary alicyclic amines) is 1. The summed E-state index contributed by atoms with van der Waals surface area (Å²) in [6, 6.07) is 11.4. The quantitative estimate of drug-likeness (QED) is 0.825. The first-order valence-corrected chi connectivity index (χ1v) is 10.1. The van der Waals surface area contributed by atoms with E-state index in [1.165, 1.54) is 24.8 Å². The minimum absolute atomic E-state index is 0.242. The van der Waals surface area contributed by atoms with Gasteiger partial charge in [0.2, 0.25) is 0 Å². The van der Waals surface area contributed by atoms with Gasteiger partial charge in [-0.3, -0.25) is 4.90 Å². The summed E-state index contributed by atoms with van der Waals surface area (Å²) in [4.78, 5) is 14.9. The highest BCUT2D eigenvalue weighted by Gasteiger charge is 2.39. The van der Waals surface area contributed by atoms with Crippen molar-refractivity contribution in [2.24, 2.45) is 11.8 Å².